The molecule has 0 unspecified atom stereocenters. The average molecular weight is 418 g/mol. The molecule has 7 nitrogen and oxygen atoms in total. The molecule has 150 valence electrons. The van der Waals surface area contributed by atoms with Crippen molar-refractivity contribution in [1.82, 2.24) is 9.97 Å². The van der Waals surface area contributed by atoms with Crippen molar-refractivity contribution < 1.29 is 9.72 Å². The number of thiophene rings is 1. The van der Waals surface area contributed by atoms with E-state index in [1.807, 2.05) is 12.1 Å². The van der Waals surface area contributed by atoms with Crippen LogP contribution in [0.15, 0.2) is 54.6 Å². The van der Waals surface area contributed by atoms with Crippen LogP contribution in [0.4, 0.5) is 10.7 Å². The zero-order chi connectivity index (χ0) is 21.3. The summed E-state index contributed by atoms with van der Waals surface area (Å²) in [6, 6.07) is 14.6. The van der Waals surface area contributed by atoms with E-state index in [0.29, 0.717) is 10.6 Å². The Hall–Kier alpha value is -3.78. The molecule has 2 aromatic carbocycles. The van der Waals surface area contributed by atoms with Gasteiger partial charge in [0.15, 0.2) is 0 Å². The van der Waals surface area contributed by atoms with E-state index in [1.54, 1.807) is 24.3 Å². The van der Waals surface area contributed by atoms with E-state index < -0.39 is 4.92 Å². The number of fused-ring (bicyclic) bond motifs is 1. The smallest absolute Gasteiger partial charge is 0.324 e. The summed E-state index contributed by atoms with van der Waals surface area (Å²) in [5.74, 6) is 0.459. The molecule has 2 heterocycles. The van der Waals surface area contributed by atoms with Gasteiger partial charge in [0.25, 0.3) is 0 Å². The first-order valence-corrected chi connectivity index (χ1v) is 10.0. The van der Waals surface area contributed by atoms with Gasteiger partial charge in [0.05, 0.1) is 16.0 Å². The van der Waals surface area contributed by atoms with Crippen molar-refractivity contribution in [2.45, 2.75) is 13.8 Å². The zero-order valence-corrected chi connectivity index (χ0v) is 17.1. The normalized spacial score (nSPS) is 11.3. The number of aromatic nitrogens is 2. The van der Waals surface area contributed by atoms with E-state index in [0.717, 1.165) is 33.8 Å². The minimum absolute atomic E-state index is 0.0431. The van der Waals surface area contributed by atoms with Crippen LogP contribution in [0.3, 0.4) is 0 Å². The predicted octanol–water partition coefficient (Wildman–Crippen LogP) is 5.47. The third-order valence-corrected chi connectivity index (χ3v) is 5.72. The lowest BCUT2D eigenvalue weighted by atomic mass is 10.1. The number of aromatic amines is 1. The molecule has 2 aromatic heterocycles. The quantitative estimate of drug-likeness (QED) is 0.255. The van der Waals surface area contributed by atoms with E-state index in [1.165, 1.54) is 23.3 Å². The maximum absolute atomic E-state index is 12.1. The fraction of sp³-hybridized carbons (Fsp3) is 0.0909. The third kappa shape index (κ3) is 4.13. The summed E-state index contributed by atoms with van der Waals surface area (Å²) in [7, 11) is 0. The van der Waals surface area contributed by atoms with Crippen molar-refractivity contribution in [3.8, 4) is 11.4 Å². The minimum atomic E-state index is -0.450. The van der Waals surface area contributed by atoms with Crippen LogP contribution in [0.5, 0.6) is 0 Å². The lowest BCUT2D eigenvalue weighted by molar-refractivity contribution is -0.380. The maximum atomic E-state index is 12.1. The van der Waals surface area contributed by atoms with Gasteiger partial charge in [-0.05, 0) is 73.5 Å². The number of hydrogen-bond acceptors (Lipinski definition) is 5. The first-order valence-electron chi connectivity index (χ1n) is 9.20. The lowest BCUT2D eigenvalue weighted by Crippen LogP contribution is -2.07. The Morgan fingerprint density at radius 1 is 1.13 bits per heavy atom. The van der Waals surface area contributed by atoms with Gasteiger partial charge in [-0.2, -0.15) is 0 Å². The van der Waals surface area contributed by atoms with Gasteiger partial charge in [-0.1, -0.05) is 11.3 Å². The highest BCUT2D eigenvalue weighted by atomic mass is 32.1. The molecule has 1 amide bonds. The number of H-pyrrole nitrogens is 1. The van der Waals surface area contributed by atoms with Crippen LogP contribution in [-0.2, 0) is 4.79 Å². The molecule has 0 fully saturated rings. The summed E-state index contributed by atoms with van der Waals surface area (Å²) >= 11 is 1.02. The van der Waals surface area contributed by atoms with Crippen LogP contribution in [0.1, 0.15) is 16.0 Å². The molecule has 0 saturated carbocycles. The average Bonchev–Trinajstić information content (AvgIpc) is 3.34. The number of amides is 1. The van der Waals surface area contributed by atoms with Crippen LogP contribution in [0, 0.1) is 24.0 Å². The first-order chi connectivity index (χ1) is 14.4. The Morgan fingerprint density at radius 3 is 2.57 bits per heavy atom. The Labute approximate surface area is 176 Å². The van der Waals surface area contributed by atoms with Crippen molar-refractivity contribution in [3.63, 3.8) is 0 Å². The highest BCUT2D eigenvalue weighted by Gasteiger charge is 2.09. The number of carbonyl (C=O) groups excluding carboxylic acids is 1. The second-order valence-corrected chi connectivity index (χ2v) is 7.97. The summed E-state index contributed by atoms with van der Waals surface area (Å²) in [6.07, 6.45) is 2.91. The van der Waals surface area contributed by atoms with Crippen LogP contribution in [0.2, 0.25) is 0 Å². The Bertz CT molecular complexity index is 1250. The van der Waals surface area contributed by atoms with Crippen molar-refractivity contribution in [2.75, 3.05) is 5.32 Å². The van der Waals surface area contributed by atoms with Gasteiger partial charge in [0.2, 0.25) is 5.91 Å². The van der Waals surface area contributed by atoms with Gasteiger partial charge in [-0.3, -0.25) is 14.9 Å². The van der Waals surface area contributed by atoms with Gasteiger partial charge in [-0.25, -0.2) is 4.98 Å². The SMILES string of the molecule is Cc1cc2nc(-c3ccc(NC(=O)/C=C/c4ccc([N+](=O)[O-])s4)cc3)[nH]c2cc1C. The summed E-state index contributed by atoms with van der Waals surface area (Å²) in [4.78, 5) is 31.0. The Morgan fingerprint density at radius 2 is 1.87 bits per heavy atom. The zero-order valence-electron chi connectivity index (χ0n) is 16.3. The van der Waals surface area contributed by atoms with Gasteiger partial charge in [0.1, 0.15) is 5.82 Å². The number of hydrogen-bond donors (Lipinski definition) is 2. The molecule has 30 heavy (non-hydrogen) atoms. The van der Waals surface area contributed by atoms with Crippen molar-refractivity contribution >= 4 is 45.0 Å². The molecular formula is C22H18N4O3S. The maximum Gasteiger partial charge on any atom is 0.324 e. The van der Waals surface area contributed by atoms with E-state index in [-0.39, 0.29) is 10.9 Å². The summed E-state index contributed by atoms with van der Waals surface area (Å²) in [6.45, 7) is 4.13. The van der Waals surface area contributed by atoms with Crippen LogP contribution >= 0.6 is 11.3 Å². The van der Waals surface area contributed by atoms with Gasteiger partial charge in [0, 0.05) is 28.3 Å². The largest absolute Gasteiger partial charge is 0.338 e. The number of aryl methyl sites for hydroxylation is 2. The fourth-order valence-corrected chi connectivity index (χ4v) is 3.71. The molecule has 0 spiro atoms. The fourth-order valence-electron chi connectivity index (χ4n) is 2.99. The van der Waals surface area contributed by atoms with Crippen LogP contribution in [0.25, 0.3) is 28.5 Å². The topological polar surface area (TPSA) is 101 Å². The molecule has 0 atom stereocenters. The van der Waals surface area contributed by atoms with Gasteiger partial charge in [-0.15, -0.1) is 0 Å². The molecule has 0 bridgehead atoms. The summed E-state index contributed by atoms with van der Waals surface area (Å²) in [5.41, 5.74) is 5.88. The Kier molecular flexibility index (Phi) is 5.16. The number of imidazole rings is 1. The molecule has 2 N–H and O–H groups in total. The van der Waals surface area contributed by atoms with Gasteiger partial charge >= 0.3 is 5.00 Å². The summed E-state index contributed by atoms with van der Waals surface area (Å²) in [5, 5.41) is 13.5. The second-order valence-electron chi connectivity index (χ2n) is 6.87. The molecule has 8 heteroatoms. The van der Waals surface area contributed by atoms with E-state index in [2.05, 4.69) is 41.3 Å². The van der Waals surface area contributed by atoms with Crippen LogP contribution < -0.4 is 5.32 Å². The molecule has 4 rings (SSSR count). The lowest BCUT2D eigenvalue weighted by Gasteiger charge is -2.03. The second kappa shape index (κ2) is 7.92. The van der Waals surface area contributed by atoms with Crippen molar-refractivity contribution in [3.05, 3.63) is 80.7 Å². The van der Waals surface area contributed by atoms with Crippen LogP contribution in [-0.4, -0.2) is 20.8 Å². The predicted molar refractivity (Wildman–Crippen MR) is 120 cm³/mol. The number of benzene rings is 2. The van der Waals surface area contributed by atoms with E-state index >= 15 is 0 Å². The third-order valence-electron chi connectivity index (χ3n) is 4.71. The molecule has 0 aliphatic carbocycles. The minimum Gasteiger partial charge on any atom is -0.338 e. The molecule has 4 aromatic rings. The highest BCUT2D eigenvalue weighted by Crippen LogP contribution is 2.26. The standard InChI is InChI=1S/C22H18N4O3S/c1-13-11-18-19(12-14(13)2)25-22(24-18)15-3-5-16(6-4-15)23-20(27)9-7-17-8-10-21(30-17)26(28)29/h3-12H,1-2H3,(H,23,27)(H,24,25)/b9-7+. The van der Waals surface area contributed by atoms with E-state index in [4.69, 9.17) is 0 Å². The molecule has 0 saturated heterocycles. The van der Waals surface area contributed by atoms with Crippen molar-refractivity contribution in [1.29, 1.82) is 0 Å². The molecule has 0 aliphatic rings. The van der Waals surface area contributed by atoms with Crippen molar-refractivity contribution in [2.24, 2.45) is 0 Å². The Balaban J connectivity index is 1.45. The summed E-state index contributed by atoms with van der Waals surface area (Å²) < 4.78 is 0. The number of nitro groups is 1. The van der Waals surface area contributed by atoms with E-state index in [9.17, 15) is 14.9 Å². The number of rotatable bonds is 5. The molecule has 0 aliphatic heterocycles. The van der Waals surface area contributed by atoms with Gasteiger partial charge < -0.3 is 10.3 Å². The number of nitrogens with one attached hydrogen (secondary N) is 2. The monoisotopic (exact) mass is 418 g/mol. The highest BCUT2D eigenvalue weighted by molar-refractivity contribution is 7.16. The molecular weight excluding hydrogens is 400 g/mol. The molecule has 0 radical (unpaired) electrons. The number of anilines is 1. The number of carbonyl (C=O) groups is 1. The first kappa shape index (κ1) is 19.5. The number of nitrogens with zero attached hydrogens (tertiary/aromatic N) is 2.